The number of benzene rings is 1. The maximum absolute atomic E-state index is 12.7. The van der Waals surface area contributed by atoms with E-state index < -0.39 is 13.4 Å². The Morgan fingerprint density at radius 3 is 2.00 bits per heavy atom. The van der Waals surface area contributed by atoms with E-state index in [0.29, 0.717) is 39.4 Å². The van der Waals surface area contributed by atoms with Gasteiger partial charge in [-0.05, 0) is 60.6 Å². The van der Waals surface area contributed by atoms with Gasteiger partial charge in [0.1, 0.15) is 11.1 Å². The fourth-order valence-corrected chi connectivity index (χ4v) is 9.87. The van der Waals surface area contributed by atoms with Crippen LogP contribution in [0.2, 0.25) is 0 Å². The minimum Gasteiger partial charge on any atom is -0.449 e. The van der Waals surface area contributed by atoms with Crippen molar-refractivity contribution in [3.05, 3.63) is 40.9 Å². The van der Waals surface area contributed by atoms with Crippen molar-refractivity contribution in [1.29, 1.82) is 5.26 Å². The van der Waals surface area contributed by atoms with Crippen LogP contribution in [0.4, 0.5) is 10.5 Å². The first-order valence-electron chi connectivity index (χ1n) is 9.84. The number of para-hydroxylation sites is 1. The molecule has 6 heteroatoms. The SMILES string of the molecule is CCOC(=O)N(/C(S)=C(\C#N)C[P+](C(C)C)(C(C)C)C(C)C)c1ccccc1. The van der Waals surface area contributed by atoms with Crippen molar-refractivity contribution >= 4 is 31.7 Å². The highest BCUT2D eigenvalue weighted by molar-refractivity contribution is 7.84. The Morgan fingerprint density at radius 2 is 1.61 bits per heavy atom. The normalized spacial score (nSPS) is 12.8. The minimum absolute atomic E-state index is 0.256. The number of ether oxygens (including phenoxy) is 1. The zero-order chi connectivity index (χ0) is 21.5. The predicted molar refractivity (Wildman–Crippen MR) is 125 cm³/mol. The summed E-state index contributed by atoms with van der Waals surface area (Å²) in [4.78, 5) is 14.1. The van der Waals surface area contributed by atoms with Crippen molar-refractivity contribution in [2.24, 2.45) is 0 Å². The molecule has 0 atom stereocenters. The van der Waals surface area contributed by atoms with Crippen LogP contribution in [-0.2, 0) is 4.74 Å². The number of carbonyl (C=O) groups is 1. The molecule has 0 aliphatic rings. The van der Waals surface area contributed by atoms with Crippen molar-refractivity contribution in [1.82, 2.24) is 0 Å². The summed E-state index contributed by atoms with van der Waals surface area (Å²) < 4.78 is 5.25. The predicted octanol–water partition coefficient (Wildman–Crippen LogP) is 6.56. The number of rotatable bonds is 8. The Bertz CT molecular complexity index is 702. The van der Waals surface area contributed by atoms with Gasteiger partial charge in [0.25, 0.3) is 0 Å². The van der Waals surface area contributed by atoms with Crippen molar-refractivity contribution in [2.45, 2.75) is 65.4 Å². The summed E-state index contributed by atoms with van der Waals surface area (Å²) in [5.41, 5.74) is 2.62. The zero-order valence-electron chi connectivity index (χ0n) is 18.1. The van der Waals surface area contributed by atoms with Gasteiger partial charge in [-0.25, -0.2) is 9.69 Å². The third kappa shape index (κ3) is 5.31. The van der Waals surface area contributed by atoms with Gasteiger partial charge in [-0.1, -0.05) is 18.2 Å². The lowest BCUT2D eigenvalue weighted by Gasteiger charge is -2.38. The smallest absolute Gasteiger partial charge is 0.419 e. The van der Waals surface area contributed by atoms with Gasteiger partial charge in [0, 0.05) is 7.26 Å². The molecule has 0 unspecified atom stereocenters. The van der Waals surface area contributed by atoms with Crippen LogP contribution < -0.4 is 4.90 Å². The van der Waals surface area contributed by atoms with Crippen LogP contribution in [0.5, 0.6) is 0 Å². The molecule has 1 amide bonds. The monoisotopic (exact) mass is 421 g/mol. The van der Waals surface area contributed by atoms with E-state index in [2.05, 4.69) is 60.2 Å². The fourth-order valence-electron chi connectivity index (χ4n) is 3.98. The van der Waals surface area contributed by atoms with Crippen LogP contribution in [0.1, 0.15) is 48.5 Å². The highest BCUT2D eigenvalue weighted by atomic mass is 32.1. The molecule has 0 saturated carbocycles. The number of amides is 1. The lowest BCUT2D eigenvalue weighted by Crippen LogP contribution is -2.32. The van der Waals surface area contributed by atoms with E-state index in [4.69, 9.17) is 4.74 Å². The highest BCUT2D eigenvalue weighted by Crippen LogP contribution is 2.71. The number of hydrogen-bond acceptors (Lipinski definition) is 4. The van der Waals surface area contributed by atoms with Crippen molar-refractivity contribution in [3.8, 4) is 6.07 Å². The molecule has 0 aliphatic carbocycles. The second-order valence-electron chi connectivity index (χ2n) is 7.72. The Balaban J connectivity index is 3.54. The number of thiol groups is 1. The van der Waals surface area contributed by atoms with Crippen molar-refractivity contribution in [3.63, 3.8) is 0 Å². The van der Waals surface area contributed by atoms with Crippen molar-refractivity contribution < 1.29 is 9.53 Å². The molecule has 0 heterocycles. The summed E-state index contributed by atoms with van der Waals surface area (Å²) in [5.74, 6) is 0. The largest absolute Gasteiger partial charge is 0.449 e. The van der Waals surface area contributed by atoms with E-state index in [9.17, 15) is 10.1 Å². The molecule has 1 aromatic carbocycles. The van der Waals surface area contributed by atoms with Crippen LogP contribution in [0.25, 0.3) is 0 Å². The standard InChI is InChI=1S/C22H33N2O2PS/c1-8-26-22(25)24(20-12-10-9-11-13-20)21(28)19(14-23)15-27(16(2)3,17(4)5)18(6)7/h9-13,16-18H,8,15H2,1-7H3/p+1/b21-19-. The molecule has 28 heavy (non-hydrogen) atoms. The second kappa shape index (κ2) is 10.9. The first kappa shape index (κ1) is 24.5. The quantitative estimate of drug-likeness (QED) is 0.294. The number of hydrogen-bond donors (Lipinski definition) is 1. The summed E-state index contributed by atoms with van der Waals surface area (Å²) in [7, 11) is -1.52. The molecular formula is C22H34N2O2PS+. The Labute approximate surface area is 176 Å². The summed E-state index contributed by atoms with van der Waals surface area (Å²) in [6.07, 6.45) is 0.145. The average Bonchev–Trinajstić information content (AvgIpc) is 2.63. The van der Waals surface area contributed by atoms with Gasteiger partial charge < -0.3 is 4.74 Å². The van der Waals surface area contributed by atoms with Gasteiger partial charge in [0.2, 0.25) is 0 Å². The highest BCUT2D eigenvalue weighted by Gasteiger charge is 2.48. The molecule has 0 saturated heterocycles. The molecule has 0 spiro atoms. The van der Waals surface area contributed by atoms with Crippen molar-refractivity contribution in [2.75, 3.05) is 17.7 Å². The van der Waals surface area contributed by atoms with E-state index >= 15 is 0 Å². The van der Waals surface area contributed by atoms with Gasteiger partial charge in [-0.3, -0.25) is 0 Å². The van der Waals surface area contributed by atoms with Crippen LogP contribution in [0.3, 0.4) is 0 Å². The summed E-state index contributed by atoms with van der Waals surface area (Å²) in [6, 6.07) is 11.6. The van der Waals surface area contributed by atoms with Gasteiger partial charge in [-0.2, -0.15) is 5.26 Å². The van der Waals surface area contributed by atoms with E-state index in [1.165, 1.54) is 4.90 Å². The first-order valence-corrected chi connectivity index (χ1v) is 12.5. The van der Waals surface area contributed by atoms with Gasteiger partial charge in [-0.15, -0.1) is 12.6 Å². The molecule has 1 aromatic rings. The Kier molecular flexibility index (Phi) is 9.54. The Morgan fingerprint density at radius 1 is 1.11 bits per heavy atom. The maximum atomic E-state index is 12.7. The summed E-state index contributed by atoms with van der Waals surface area (Å²) in [6.45, 7) is 15.5. The van der Waals surface area contributed by atoms with Gasteiger partial charge >= 0.3 is 6.09 Å². The molecule has 4 nitrogen and oxygen atoms in total. The number of nitrogens with zero attached hydrogens (tertiary/aromatic N) is 2. The molecular weight excluding hydrogens is 387 g/mol. The van der Waals surface area contributed by atoms with Crippen LogP contribution in [0.15, 0.2) is 40.9 Å². The molecule has 0 N–H and O–H groups in total. The first-order chi connectivity index (χ1) is 13.1. The zero-order valence-corrected chi connectivity index (χ0v) is 19.9. The lowest BCUT2D eigenvalue weighted by molar-refractivity contribution is 0.162. The molecule has 1 rings (SSSR count). The van der Waals surface area contributed by atoms with Crippen LogP contribution in [0, 0.1) is 11.3 Å². The van der Waals surface area contributed by atoms with Gasteiger partial charge in [0.15, 0.2) is 0 Å². The van der Waals surface area contributed by atoms with Crippen LogP contribution >= 0.6 is 19.9 Å². The van der Waals surface area contributed by atoms with E-state index in [0.717, 1.165) is 0 Å². The van der Waals surface area contributed by atoms with E-state index in [1.54, 1.807) is 6.92 Å². The number of nitriles is 1. The van der Waals surface area contributed by atoms with E-state index in [1.807, 2.05) is 30.3 Å². The van der Waals surface area contributed by atoms with Gasteiger partial charge in [0.05, 0.1) is 41.0 Å². The Hall–Kier alpha value is -1.50. The third-order valence-electron chi connectivity index (χ3n) is 5.40. The number of allylic oxidation sites excluding steroid dienone is 1. The summed E-state index contributed by atoms with van der Waals surface area (Å²) in [5, 5.41) is 10.4. The average molecular weight is 422 g/mol. The number of anilines is 1. The molecule has 0 fully saturated rings. The molecule has 0 radical (unpaired) electrons. The lowest BCUT2D eigenvalue weighted by atomic mass is 10.3. The molecule has 0 aromatic heterocycles. The fraction of sp³-hybridized carbons (Fsp3) is 0.545. The minimum atomic E-state index is -1.52. The van der Waals surface area contributed by atoms with E-state index in [-0.39, 0.29) is 6.61 Å². The maximum Gasteiger partial charge on any atom is 0.419 e. The summed E-state index contributed by atoms with van der Waals surface area (Å²) >= 11 is 4.66. The third-order valence-corrected chi connectivity index (χ3v) is 12.5. The molecule has 0 aliphatic heterocycles. The molecule has 154 valence electrons. The molecule has 0 bridgehead atoms. The van der Waals surface area contributed by atoms with Crippen LogP contribution in [-0.4, -0.2) is 35.8 Å². The topological polar surface area (TPSA) is 53.3 Å². The number of carbonyl (C=O) groups excluding carboxylic acids is 1. The second-order valence-corrected chi connectivity index (χ2v) is 13.5.